The predicted octanol–water partition coefficient (Wildman–Crippen LogP) is 21.7. The molecule has 0 saturated carbocycles. The number of carbonyl (C=O) groups is 4. The predicted molar refractivity (Wildman–Crippen MR) is 401 cm³/mol. The number of aliphatic carboxylic acids is 4. The Labute approximate surface area is 589 Å². The fourth-order valence-electron chi connectivity index (χ4n) is 13.2. The molecule has 9 rings (SSSR count). The van der Waals surface area contributed by atoms with Crippen molar-refractivity contribution < 1.29 is 58.6 Å². The lowest BCUT2D eigenvalue weighted by molar-refractivity contribution is -0.146. The van der Waals surface area contributed by atoms with Crippen LogP contribution in [0, 0.1) is 0 Å². The third-order valence-electron chi connectivity index (χ3n) is 18.8. The number of hydrogen-bond acceptors (Lipinski definition) is 10. The van der Waals surface area contributed by atoms with Crippen molar-refractivity contribution in [3.8, 4) is 67.5 Å². The summed E-state index contributed by atoms with van der Waals surface area (Å²) >= 11 is 0. The van der Waals surface area contributed by atoms with Crippen LogP contribution in [0.5, 0.6) is 23.0 Å². The molecule has 100 heavy (non-hydrogen) atoms. The van der Waals surface area contributed by atoms with E-state index in [0.29, 0.717) is 93.5 Å². The number of benzene rings is 4. The van der Waals surface area contributed by atoms with Gasteiger partial charge < -0.3 is 49.3 Å². The number of nitrogens with one attached hydrogen (secondary N) is 2. The van der Waals surface area contributed by atoms with Gasteiger partial charge in [0.15, 0.2) is 24.4 Å². The van der Waals surface area contributed by atoms with Crippen LogP contribution >= 0.6 is 0 Å². The number of hydrogen-bond donors (Lipinski definition) is 6. The zero-order valence-corrected chi connectivity index (χ0v) is 58.9. The molecular formula is C84H102N4O12. The zero-order valence-electron chi connectivity index (χ0n) is 58.9. The third kappa shape index (κ3) is 21.3. The summed E-state index contributed by atoms with van der Waals surface area (Å²) in [5.41, 5.74) is 11.4. The van der Waals surface area contributed by atoms with Crippen LogP contribution in [-0.2, 0) is 19.2 Å². The van der Waals surface area contributed by atoms with Crippen molar-refractivity contribution in [3.63, 3.8) is 0 Å². The van der Waals surface area contributed by atoms with Crippen molar-refractivity contribution >= 4 is 70.2 Å². The molecule has 5 heterocycles. The number of ether oxygens (including phenoxy) is 4. The molecule has 2 aliphatic heterocycles. The van der Waals surface area contributed by atoms with Crippen LogP contribution in [0.2, 0.25) is 0 Å². The Morgan fingerprint density at radius 1 is 0.290 bits per heavy atom. The third-order valence-corrected chi connectivity index (χ3v) is 18.8. The first-order chi connectivity index (χ1) is 48.7. The van der Waals surface area contributed by atoms with Crippen LogP contribution in [0.25, 0.3) is 90.9 Å². The summed E-state index contributed by atoms with van der Waals surface area (Å²) in [5.74, 6) is -2.36. The van der Waals surface area contributed by atoms with Gasteiger partial charge in [0.2, 0.25) is 0 Å². The molecule has 0 fully saturated rings. The molecular weight excluding hydrogens is 1260 g/mol. The van der Waals surface area contributed by atoms with Gasteiger partial charge in [0.1, 0.15) is 23.0 Å². The lowest BCUT2D eigenvalue weighted by atomic mass is 10.0. The number of nitrogens with zero attached hydrogens (tertiary/aromatic N) is 2. The maximum atomic E-state index is 12.6. The van der Waals surface area contributed by atoms with Gasteiger partial charge in [-0.25, -0.2) is 29.1 Å². The molecule has 3 aromatic heterocycles. The smallest absolute Gasteiger partial charge is 0.344 e. The van der Waals surface area contributed by atoms with E-state index < -0.39 is 48.3 Å². The fourth-order valence-corrected chi connectivity index (χ4v) is 13.2. The molecule has 4 aromatic carbocycles. The summed E-state index contributed by atoms with van der Waals surface area (Å²) in [6.45, 7) is 8.69. The van der Waals surface area contributed by atoms with Crippen molar-refractivity contribution in [3.05, 3.63) is 144 Å². The minimum atomic E-state index is -1.01. The first-order valence-electron chi connectivity index (χ1n) is 36.9. The van der Waals surface area contributed by atoms with Gasteiger partial charge in [0.25, 0.3) is 0 Å². The van der Waals surface area contributed by atoms with Crippen LogP contribution in [0.15, 0.2) is 121 Å². The highest BCUT2D eigenvalue weighted by Crippen LogP contribution is 2.40. The van der Waals surface area contributed by atoms with Gasteiger partial charge >= 0.3 is 23.9 Å². The molecule has 4 atom stereocenters. The number of rotatable bonds is 44. The summed E-state index contributed by atoms with van der Waals surface area (Å²) in [7, 11) is 0. The number of aromatic amines is 2. The van der Waals surface area contributed by atoms with E-state index in [-0.39, 0.29) is 0 Å². The van der Waals surface area contributed by atoms with E-state index in [1.807, 2.05) is 97.1 Å². The van der Waals surface area contributed by atoms with Crippen LogP contribution in [0.4, 0.5) is 0 Å². The standard InChI is InChI=1S/C84H102N4O12/c1-5-9-13-17-21-25-29-73(81(89)90)97-61-41-33-57(34-42-61)77-65-49-51-67(85-65)78(58-35-43-62(44-36-58)98-74(82(91)92)30-26-22-18-14-10-6-2)69-53-55-71(87-69)80(60-39-47-64(48-40-60)100-76(84(95)96)32-28-24-20-16-12-8-4)72-56-54-70(88-72)79(68-52-50-66(77)86-68)59-37-45-63(46-38-59)99-75(83(93)94)31-27-23-19-15-11-7-3/h33-56,73-76,85,88H,5-32H2,1-4H3,(H,89,90)(H,91,92)(H,93,94)(H,95,96). The highest BCUT2D eigenvalue weighted by molar-refractivity contribution is 6.00. The Morgan fingerprint density at radius 3 is 0.670 bits per heavy atom. The lowest BCUT2D eigenvalue weighted by Gasteiger charge is -2.16. The summed E-state index contributed by atoms with van der Waals surface area (Å²) in [6.07, 6.45) is 30.0. The fraction of sp³-hybridized carbons (Fsp3) is 0.429. The minimum Gasteiger partial charge on any atom is -0.479 e. The van der Waals surface area contributed by atoms with Crippen LogP contribution in [0.1, 0.15) is 230 Å². The van der Waals surface area contributed by atoms with E-state index >= 15 is 0 Å². The van der Waals surface area contributed by atoms with E-state index in [1.165, 1.54) is 0 Å². The van der Waals surface area contributed by atoms with E-state index in [4.69, 9.17) is 28.9 Å². The van der Waals surface area contributed by atoms with Crippen LogP contribution in [-0.4, -0.2) is 88.7 Å². The Kier molecular flexibility index (Phi) is 29.0. The topological polar surface area (TPSA) is 243 Å². The maximum Gasteiger partial charge on any atom is 0.344 e. The summed E-state index contributed by atoms with van der Waals surface area (Å²) < 4.78 is 24.8. The van der Waals surface area contributed by atoms with Crippen LogP contribution in [0.3, 0.4) is 0 Å². The lowest BCUT2D eigenvalue weighted by Crippen LogP contribution is -2.26. The molecule has 16 nitrogen and oxygen atoms in total. The van der Waals surface area contributed by atoms with Crippen molar-refractivity contribution in [2.45, 2.75) is 232 Å². The largest absolute Gasteiger partial charge is 0.479 e. The van der Waals surface area contributed by atoms with Crippen molar-refractivity contribution in [1.29, 1.82) is 0 Å². The quantitative estimate of drug-likeness (QED) is 0.0195. The monoisotopic (exact) mass is 1360 g/mol. The Bertz CT molecular complexity index is 3510. The molecule has 8 bridgehead atoms. The average molecular weight is 1360 g/mol. The van der Waals surface area contributed by atoms with Gasteiger partial charge in [0, 0.05) is 44.3 Å². The first kappa shape index (κ1) is 74.8. The molecule has 16 heteroatoms. The van der Waals surface area contributed by atoms with Gasteiger partial charge in [0.05, 0.1) is 22.8 Å². The van der Waals surface area contributed by atoms with Crippen molar-refractivity contribution in [2.24, 2.45) is 0 Å². The second-order valence-electron chi connectivity index (χ2n) is 26.6. The molecule has 2 aliphatic rings. The molecule has 0 aliphatic carbocycles. The van der Waals surface area contributed by atoms with E-state index in [1.54, 1.807) is 48.5 Å². The van der Waals surface area contributed by atoms with Gasteiger partial charge in [-0.1, -0.05) is 205 Å². The zero-order chi connectivity index (χ0) is 70.6. The second-order valence-corrected chi connectivity index (χ2v) is 26.6. The Morgan fingerprint density at radius 2 is 0.480 bits per heavy atom. The number of carboxylic acid groups (broad SMARTS) is 4. The summed E-state index contributed by atoms with van der Waals surface area (Å²) in [6, 6.07) is 37.8. The number of H-pyrrole nitrogens is 2. The van der Waals surface area contributed by atoms with Gasteiger partial charge in [-0.2, -0.15) is 0 Å². The molecule has 0 spiro atoms. The second kappa shape index (κ2) is 38.8. The highest BCUT2D eigenvalue weighted by Gasteiger charge is 2.26. The molecule has 6 N–H and O–H groups in total. The molecule has 530 valence electrons. The summed E-state index contributed by atoms with van der Waals surface area (Å²) in [4.78, 5) is 68.9. The van der Waals surface area contributed by atoms with E-state index in [2.05, 4.69) is 37.7 Å². The number of aromatic nitrogens is 4. The number of carboxylic acids is 4. The number of unbranched alkanes of at least 4 members (excludes halogenated alkanes) is 20. The minimum absolute atomic E-state index is 0.388. The summed E-state index contributed by atoms with van der Waals surface area (Å²) in [5, 5.41) is 41.2. The van der Waals surface area contributed by atoms with Gasteiger partial charge in [-0.15, -0.1) is 0 Å². The molecule has 7 aromatic rings. The average Bonchev–Trinajstić information content (AvgIpc) is 1.61. The van der Waals surface area contributed by atoms with E-state index in [0.717, 1.165) is 199 Å². The van der Waals surface area contributed by atoms with Crippen molar-refractivity contribution in [2.75, 3.05) is 0 Å². The normalized spacial score (nSPS) is 13.0. The molecule has 0 saturated heterocycles. The van der Waals surface area contributed by atoms with Gasteiger partial charge in [-0.3, -0.25) is 0 Å². The molecule has 0 amide bonds. The van der Waals surface area contributed by atoms with E-state index in [9.17, 15) is 39.6 Å². The highest BCUT2D eigenvalue weighted by atomic mass is 16.5. The molecule has 4 unspecified atom stereocenters. The number of fused-ring (bicyclic) bond motifs is 8. The van der Waals surface area contributed by atoms with Gasteiger partial charge in [-0.05, 0) is 171 Å². The SMILES string of the molecule is CCCCCCCCC(Oc1ccc(-c2c3nc(c(-c4ccc(OC(CCCCCCCC)C(=O)O)cc4)c4ccc([nH]4)c(-c4ccc(OC(CCCCCCCC)C(=O)O)cc4)c4nc(c(-c5ccc(OC(CCCCCCCC)C(=O)O)cc5)c5ccc2[nH]5)C=C4)C=C3)cc1)C(=O)O. The maximum absolute atomic E-state index is 12.6. The Balaban J connectivity index is 1.20. The molecule has 0 radical (unpaired) electrons. The van der Waals surface area contributed by atoms with Crippen LogP contribution < -0.4 is 18.9 Å². The first-order valence-corrected chi connectivity index (χ1v) is 36.9. The Hall–Kier alpha value is -9.44. The van der Waals surface area contributed by atoms with Crippen molar-refractivity contribution in [1.82, 2.24) is 19.9 Å².